The Morgan fingerprint density at radius 2 is 1.96 bits per heavy atom. The predicted octanol–water partition coefficient (Wildman–Crippen LogP) is 4.26. The van der Waals surface area contributed by atoms with E-state index in [4.69, 9.17) is 4.74 Å². The molecule has 2 aromatic heterocycles. The Morgan fingerprint density at radius 1 is 1.22 bits per heavy atom. The number of rotatable bonds is 6. The molecule has 0 aromatic carbocycles. The fraction of sp³-hybridized carbons (Fsp3) is 0.316. The Hall–Kier alpha value is -2.45. The van der Waals surface area contributed by atoms with Crippen LogP contribution in [0.1, 0.15) is 30.1 Å². The van der Waals surface area contributed by atoms with E-state index >= 15 is 0 Å². The van der Waals surface area contributed by atoms with Gasteiger partial charge in [-0.05, 0) is 31.2 Å². The van der Waals surface area contributed by atoms with Gasteiger partial charge in [-0.3, -0.25) is 9.59 Å². The van der Waals surface area contributed by atoms with E-state index in [0.717, 1.165) is 4.88 Å². The van der Waals surface area contributed by atoms with Crippen molar-refractivity contribution in [2.45, 2.75) is 19.8 Å². The SMILES string of the molecule is CCOC(=O)c1c(-c2cccs2)csc1NC(=O)[C@@H]1CC=CC[C@@H]1C(=O)O. The number of nitrogens with one attached hydrogen (secondary N) is 1. The van der Waals surface area contributed by atoms with Crippen molar-refractivity contribution < 1.29 is 24.2 Å². The number of carboxylic acid groups (broad SMARTS) is 1. The van der Waals surface area contributed by atoms with Crippen molar-refractivity contribution in [1.82, 2.24) is 0 Å². The van der Waals surface area contributed by atoms with Crippen molar-refractivity contribution >= 4 is 45.5 Å². The summed E-state index contributed by atoms with van der Waals surface area (Å²) >= 11 is 2.73. The normalized spacial score (nSPS) is 18.9. The topological polar surface area (TPSA) is 92.7 Å². The second kappa shape index (κ2) is 8.49. The maximum absolute atomic E-state index is 12.8. The van der Waals surface area contributed by atoms with E-state index in [9.17, 15) is 19.5 Å². The molecule has 8 heteroatoms. The monoisotopic (exact) mass is 405 g/mol. The molecule has 0 bridgehead atoms. The average Bonchev–Trinajstić information content (AvgIpc) is 3.31. The zero-order chi connectivity index (χ0) is 19.4. The van der Waals surface area contributed by atoms with E-state index in [-0.39, 0.29) is 6.61 Å². The summed E-state index contributed by atoms with van der Waals surface area (Å²) in [7, 11) is 0. The molecule has 2 heterocycles. The molecule has 1 aliphatic carbocycles. The number of carbonyl (C=O) groups excluding carboxylic acids is 2. The third-order valence-electron chi connectivity index (χ3n) is 4.38. The lowest BCUT2D eigenvalue weighted by atomic mass is 9.82. The third kappa shape index (κ3) is 4.12. The van der Waals surface area contributed by atoms with Gasteiger partial charge in [-0.1, -0.05) is 18.2 Å². The van der Waals surface area contributed by atoms with Gasteiger partial charge in [0, 0.05) is 15.8 Å². The minimum Gasteiger partial charge on any atom is -0.481 e. The van der Waals surface area contributed by atoms with E-state index < -0.39 is 29.7 Å². The lowest BCUT2D eigenvalue weighted by Crippen LogP contribution is -2.34. The van der Waals surface area contributed by atoms with Crippen molar-refractivity contribution in [2.75, 3.05) is 11.9 Å². The molecule has 0 fully saturated rings. The summed E-state index contributed by atoms with van der Waals surface area (Å²) in [5.74, 6) is -3.32. The lowest BCUT2D eigenvalue weighted by molar-refractivity contribution is -0.146. The van der Waals surface area contributed by atoms with Gasteiger partial charge in [0.25, 0.3) is 0 Å². The first-order chi connectivity index (χ1) is 13.0. The molecule has 3 rings (SSSR count). The number of esters is 1. The number of amides is 1. The summed E-state index contributed by atoms with van der Waals surface area (Å²) < 4.78 is 5.17. The summed E-state index contributed by atoms with van der Waals surface area (Å²) in [4.78, 5) is 37.6. The predicted molar refractivity (Wildman–Crippen MR) is 105 cm³/mol. The molecule has 0 saturated carbocycles. The molecule has 27 heavy (non-hydrogen) atoms. The minimum atomic E-state index is -0.990. The van der Waals surface area contributed by atoms with E-state index in [0.29, 0.717) is 29.0 Å². The van der Waals surface area contributed by atoms with Crippen LogP contribution < -0.4 is 5.32 Å². The Morgan fingerprint density at radius 3 is 2.59 bits per heavy atom. The van der Waals surface area contributed by atoms with Crippen LogP contribution in [0.5, 0.6) is 0 Å². The first-order valence-electron chi connectivity index (χ1n) is 8.54. The van der Waals surface area contributed by atoms with Crippen LogP contribution in [0.2, 0.25) is 0 Å². The van der Waals surface area contributed by atoms with Crippen LogP contribution in [-0.4, -0.2) is 29.6 Å². The summed E-state index contributed by atoms with van der Waals surface area (Å²) in [6, 6.07) is 3.78. The summed E-state index contributed by atoms with van der Waals surface area (Å²) in [6.07, 6.45) is 4.29. The Balaban J connectivity index is 1.90. The Kier molecular flexibility index (Phi) is 6.08. The van der Waals surface area contributed by atoms with Gasteiger partial charge in [0.05, 0.1) is 18.4 Å². The van der Waals surface area contributed by atoms with E-state index in [2.05, 4.69) is 5.32 Å². The van der Waals surface area contributed by atoms with Gasteiger partial charge in [-0.2, -0.15) is 0 Å². The highest BCUT2D eigenvalue weighted by atomic mass is 32.1. The molecule has 2 atom stereocenters. The average molecular weight is 405 g/mol. The molecule has 0 spiro atoms. The number of carboxylic acids is 1. The maximum Gasteiger partial charge on any atom is 0.341 e. The van der Waals surface area contributed by atoms with Gasteiger partial charge < -0.3 is 15.2 Å². The van der Waals surface area contributed by atoms with Gasteiger partial charge in [0.15, 0.2) is 0 Å². The number of hydrogen-bond donors (Lipinski definition) is 2. The molecule has 1 aliphatic rings. The van der Waals surface area contributed by atoms with Gasteiger partial charge >= 0.3 is 11.9 Å². The largest absolute Gasteiger partial charge is 0.481 e. The number of allylic oxidation sites excluding steroid dienone is 2. The fourth-order valence-electron chi connectivity index (χ4n) is 3.05. The summed E-state index contributed by atoms with van der Waals surface area (Å²) in [5.41, 5.74) is 1.03. The molecule has 2 N–H and O–H groups in total. The molecule has 0 aliphatic heterocycles. The van der Waals surface area contributed by atoms with Crippen molar-refractivity contribution in [3.05, 3.63) is 40.6 Å². The second-order valence-electron chi connectivity index (χ2n) is 6.03. The van der Waals surface area contributed by atoms with Crippen LogP contribution in [-0.2, 0) is 14.3 Å². The molecule has 0 unspecified atom stereocenters. The number of anilines is 1. The summed E-state index contributed by atoms with van der Waals surface area (Å²) in [5, 5.41) is 16.3. The smallest absolute Gasteiger partial charge is 0.341 e. The van der Waals surface area contributed by atoms with E-state index in [1.807, 2.05) is 29.0 Å². The molecule has 2 aromatic rings. The highest BCUT2D eigenvalue weighted by molar-refractivity contribution is 7.17. The zero-order valence-corrected chi connectivity index (χ0v) is 16.3. The Labute approximate surface area is 164 Å². The number of carbonyl (C=O) groups is 3. The van der Waals surface area contributed by atoms with Crippen LogP contribution in [0, 0.1) is 11.8 Å². The fourth-order valence-corrected chi connectivity index (χ4v) is 4.83. The molecular weight excluding hydrogens is 386 g/mol. The second-order valence-corrected chi connectivity index (χ2v) is 7.86. The van der Waals surface area contributed by atoms with Crippen molar-refractivity contribution in [1.29, 1.82) is 0 Å². The number of aliphatic carboxylic acids is 1. The van der Waals surface area contributed by atoms with Gasteiger partial charge in [0.1, 0.15) is 10.6 Å². The first kappa shape index (κ1) is 19.3. The van der Waals surface area contributed by atoms with E-state index in [1.54, 1.807) is 13.0 Å². The summed E-state index contributed by atoms with van der Waals surface area (Å²) in [6.45, 7) is 1.94. The first-order valence-corrected chi connectivity index (χ1v) is 10.3. The molecule has 6 nitrogen and oxygen atoms in total. The Bertz CT molecular complexity index is 869. The third-order valence-corrected chi connectivity index (χ3v) is 6.18. The molecule has 0 radical (unpaired) electrons. The number of ether oxygens (including phenoxy) is 1. The van der Waals surface area contributed by atoms with Crippen molar-refractivity contribution in [2.24, 2.45) is 11.8 Å². The van der Waals surface area contributed by atoms with E-state index in [1.165, 1.54) is 22.7 Å². The van der Waals surface area contributed by atoms with Crippen LogP contribution in [0.4, 0.5) is 5.00 Å². The number of hydrogen-bond acceptors (Lipinski definition) is 6. The van der Waals surface area contributed by atoms with Crippen molar-refractivity contribution in [3.8, 4) is 10.4 Å². The molecular formula is C19H19NO5S2. The quantitative estimate of drug-likeness (QED) is 0.553. The van der Waals surface area contributed by atoms with Gasteiger partial charge in [-0.15, -0.1) is 22.7 Å². The van der Waals surface area contributed by atoms with Crippen LogP contribution in [0.15, 0.2) is 35.0 Å². The number of thiophene rings is 2. The lowest BCUT2D eigenvalue weighted by Gasteiger charge is -2.24. The van der Waals surface area contributed by atoms with Crippen LogP contribution in [0.3, 0.4) is 0 Å². The maximum atomic E-state index is 12.8. The highest BCUT2D eigenvalue weighted by Gasteiger charge is 2.35. The molecule has 1 amide bonds. The minimum absolute atomic E-state index is 0.223. The standard InChI is InChI=1S/C19H19NO5S2/c1-2-25-19(24)15-13(14-8-5-9-26-14)10-27-17(15)20-16(21)11-6-3-4-7-12(11)18(22)23/h3-5,8-12H,2,6-7H2,1H3,(H,20,21)(H,22,23)/t11-,12+/m1/s1. The van der Waals surface area contributed by atoms with Gasteiger partial charge in [-0.25, -0.2) is 4.79 Å². The molecule has 0 saturated heterocycles. The van der Waals surface area contributed by atoms with Crippen molar-refractivity contribution in [3.63, 3.8) is 0 Å². The van der Waals surface area contributed by atoms with Gasteiger partial charge in [0.2, 0.25) is 5.91 Å². The van der Waals surface area contributed by atoms with Crippen LogP contribution >= 0.6 is 22.7 Å². The highest BCUT2D eigenvalue weighted by Crippen LogP contribution is 2.39. The van der Waals surface area contributed by atoms with Crippen LogP contribution in [0.25, 0.3) is 10.4 Å². The molecule has 142 valence electrons. The zero-order valence-electron chi connectivity index (χ0n) is 14.6.